The largest absolute Gasteiger partial charge is 0.504 e. The van der Waals surface area contributed by atoms with E-state index in [2.05, 4.69) is 42.2 Å². The standard InChI is InChI=1S/C24H24N2O2S/c1-3-5-6-17-7-10-19(11-8-17)21-16-29-24(26-21)20(15-25)13-18-9-12-22(27)23(14-18)28-4-2/h7-14,16,27H,3-6H2,1-2H3/b20-13+. The van der Waals surface area contributed by atoms with Gasteiger partial charge in [0.2, 0.25) is 0 Å². The molecule has 0 amide bonds. The number of nitrogens with zero attached hydrogens (tertiary/aromatic N) is 2. The third-order valence-electron chi connectivity index (χ3n) is 4.52. The summed E-state index contributed by atoms with van der Waals surface area (Å²) < 4.78 is 5.42. The Kier molecular flexibility index (Phi) is 7.04. The molecule has 1 aromatic heterocycles. The summed E-state index contributed by atoms with van der Waals surface area (Å²) in [4.78, 5) is 4.66. The molecular weight excluding hydrogens is 380 g/mol. The van der Waals surface area contributed by atoms with Crippen LogP contribution in [0.4, 0.5) is 0 Å². The number of rotatable bonds is 8. The maximum atomic E-state index is 9.85. The summed E-state index contributed by atoms with van der Waals surface area (Å²) >= 11 is 1.45. The third kappa shape index (κ3) is 5.24. The van der Waals surface area contributed by atoms with Gasteiger partial charge in [0.25, 0.3) is 0 Å². The number of nitriles is 1. The highest BCUT2D eigenvalue weighted by Crippen LogP contribution is 2.31. The van der Waals surface area contributed by atoms with Gasteiger partial charge in [-0.2, -0.15) is 5.26 Å². The molecule has 0 aliphatic heterocycles. The summed E-state index contributed by atoms with van der Waals surface area (Å²) in [7, 11) is 0. The number of phenols is 1. The van der Waals surface area contributed by atoms with Gasteiger partial charge in [-0.15, -0.1) is 11.3 Å². The molecule has 0 spiro atoms. The van der Waals surface area contributed by atoms with Crippen LogP contribution in [-0.2, 0) is 6.42 Å². The van der Waals surface area contributed by atoms with Crippen LogP contribution in [0.1, 0.15) is 42.8 Å². The van der Waals surface area contributed by atoms with Crippen LogP contribution in [0.25, 0.3) is 22.9 Å². The molecule has 29 heavy (non-hydrogen) atoms. The summed E-state index contributed by atoms with van der Waals surface area (Å²) in [6.45, 7) is 4.51. The van der Waals surface area contributed by atoms with E-state index in [-0.39, 0.29) is 5.75 Å². The quantitative estimate of drug-likeness (QED) is 0.446. The van der Waals surface area contributed by atoms with E-state index in [9.17, 15) is 10.4 Å². The molecule has 0 atom stereocenters. The Morgan fingerprint density at radius 1 is 1.21 bits per heavy atom. The van der Waals surface area contributed by atoms with Crippen molar-refractivity contribution < 1.29 is 9.84 Å². The van der Waals surface area contributed by atoms with E-state index in [1.54, 1.807) is 24.3 Å². The van der Waals surface area contributed by atoms with Crippen LogP contribution >= 0.6 is 11.3 Å². The molecule has 0 saturated carbocycles. The van der Waals surface area contributed by atoms with Crippen molar-refractivity contribution in [3.05, 3.63) is 64.0 Å². The van der Waals surface area contributed by atoms with Gasteiger partial charge < -0.3 is 9.84 Å². The van der Waals surface area contributed by atoms with Crippen LogP contribution in [0, 0.1) is 11.3 Å². The van der Waals surface area contributed by atoms with Gasteiger partial charge in [0.15, 0.2) is 11.5 Å². The van der Waals surface area contributed by atoms with E-state index < -0.39 is 0 Å². The second-order valence-corrected chi connectivity index (χ2v) is 7.53. The van der Waals surface area contributed by atoms with E-state index in [0.717, 1.165) is 23.2 Å². The molecule has 0 aliphatic rings. The number of allylic oxidation sites excluding steroid dienone is 1. The van der Waals surface area contributed by atoms with Gasteiger partial charge in [-0.05, 0) is 49.1 Å². The molecule has 1 heterocycles. The molecule has 3 rings (SSSR count). The van der Waals surface area contributed by atoms with Gasteiger partial charge in [0, 0.05) is 10.9 Å². The van der Waals surface area contributed by atoms with Crippen LogP contribution < -0.4 is 4.74 Å². The highest BCUT2D eigenvalue weighted by molar-refractivity contribution is 7.11. The molecule has 0 saturated heterocycles. The van der Waals surface area contributed by atoms with Gasteiger partial charge in [-0.1, -0.05) is 43.7 Å². The van der Waals surface area contributed by atoms with E-state index in [1.807, 2.05) is 12.3 Å². The second kappa shape index (κ2) is 9.90. The molecule has 5 heteroatoms. The van der Waals surface area contributed by atoms with Crippen molar-refractivity contribution in [2.75, 3.05) is 6.61 Å². The lowest BCUT2D eigenvalue weighted by Crippen LogP contribution is -1.92. The molecule has 3 aromatic rings. The fourth-order valence-electron chi connectivity index (χ4n) is 2.95. The molecule has 1 N–H and O–H groups in total. The Hall–Kier alpha value is -3.10. The number of benzene rings is 2. The zero-order valence-corrected chi connectivity index (χ0v) is 17.5. The average molecular weight is 405 g/mol. The number of unbranched alkanes of at least 4 members (excludes halogenated alkanes) is 1. The number of thiazole rings is 1. The summed E-state index contributed by atoms with van der Waals surface area (Å²) in [6, 6.07) is 15.8. The molecule has 0 fully saturated rings. The summed E-state index contributed by atoms with van der Waals surface area (Å²) in [5, 5.41) is 22.1. The smallest absolute Gasteiger partial charge is 0.161 e. The predicted octanol–water partition coefficient (Wildman–Crippen LogP) is 6.32. The van der Waals surface area contributed by atoms with Gasteiger partial charge in [-0.3, -0.25) is 0 Å². The van der Waals surface area contributed by atoms with Crippen molar-refractivity contribution in [1.82, 2.24) is 4.98 Å². The van der Waals surface area contributed by atoms with E-state index in [4.69, 9.17) is 4.74 Å². The fourth-order valence-corrected chi connectivity index (χ4v) is 3.75. The predicted molar refractivity (Wildman–Crippen MR) is 119 cm³/mol. The zero-order chi connectivity index (χ0) is 20.6. The lowest BCUT2D eigenvalue weighted by Gasteiger charge is -2.06. The lowest BCUT2D eigenvalue weighted by atomic mass is 10.1. The number of ether oxygens (including phenoxy) is 1. The Morgan fingerprint density at radius 2 is 2.00 bits per heavy atom. The Labute approximate surface area is 175 Å². The molecule has 4 nitrogen and oxygen atoms in total. The van der Waals surface area contributed by atoms with Gasteiger partial charge in [-0.25, -0.2) is 4.98 Å². The first-order chi connectivity index (χ1) is 14.1. The van der Waals surface area contributed by atoms with E-state index >= 15 is 0 Å². The van der Waals surface area contributed by atoms with Crippen molar-refractivity contribution >= 4 is 23.0 Å². The van der Waals surface area contributed by atoms with Crippen molar-refractivity contribution in [2.24, 2.45) is 0 Å². The highest BCUT2D eigenvalue weighted by Gasteiger charge is 2.10. The van der Waals surface area contributed by atoms with Crippen molar-refractivity contribution in [1.29, 1.82) is 5.26 Å². The Bertz CT molecular complexity index is 1030. The number of aromatic hydroxyl groups is 1. The molecule has 0 bridgehead atoms. The van der Waals surface area contributed by atoms with Crippen LogP contribution in [-0.4, -0.2) is 16.7 Å². The van der Waals surface area contributed by atoms with Gasteiger partial charge in [0.1, 0.15) is 11.1 Å². The Balaban J connectivity index is 1.83. The average Bonchev–Trinajstić information content (AvgIpc) is 3.23. The summed E-state index contributed by atoms with van der Waals surface area (Å²) in [5.74, 6) is 0.489. The maximum absolute atomic E-state index is 9.85. The minimum atomic E-state index is 0.0847. The first-order valence-corrected chi connectivity index (χ1v) is 10.6. The first kappa shape index (κ1) is 20.6. The van der Waals surface area contributed by atoms with Crippen LogP contribution in [0.15, 0.2) is 47.8 Å². The summed E-state index contributed by atoms with van der Waals surface area (Å²) in [5.41, 5.74) is 4.51. The highest BCUT2D eigenvalue weighted by atomic mass is 32.1. The van der Waals surface area contributed by atoms with Crippen molar-refractivity contribution in [2.45, 2.75) is 33.1 Å². The molecule has 0 unspecified atom stereocenters. The topological polar surface area (TPSA) is 66.1 Å². The minimum absolute atomic E-state index is 0.0847. The fraction of sp³-hybridized carbons (Fsp3) is 0.250. The molecule has 0 aliphatic carbocycles. The SMILES string of the molecule is CCCCc1ccc(-c2csc(/C(C#N)=C/c3ccc(O)c(OCC)c3)n2)cc1. The number of phenolic OH excluding ortho intramolecular Hbond substituents is 1. The number of hydrogen-bond acceptors (Lipinski definition) is 5. The third-order valence-corrected chi connectivity index (χ3v) is 5.39. The normalized spacial score (nSPS) is 11.3. The summed E-state index contributed by atoms with van der Waals surface area (Å²) in [6.07, 6.45) is 5.24. The second-order valence-electron chi connectivity index (χ2n) is 6.67. The molecular formula is C24H24N2O2S. The van der Waals surface area contributed by atoms with Crippen molar-refractivity contribution in [3.63, 3.8) is 0 Å². The van der Waals surface area contributed by atoms with E-state index in [1.165, 1.54) is 29.7 Å². The monoisotopic (exact) mass is 404 g/mol. The van der Waals surface area contributed by atoms with Gasteiger partial charge >= 0.3 is 0 Å². The minimum Gasteiger partial charge on any atom is -0.504 e. The molecule has 2 aromatic carbocycles. The molecule has 148 valence electrons. The lowest BCUT2D eigenvalue weighted by molar-refractivity contribution is 0.318. The number of aryl methyl sites for hydroxylation is 1. The maximum Gasteiger partial charge on any atom is 0.161 e. The van der Waals surface area contributed by atoms with Crippen LogP contribution in [0.5, 0.6) is 11.5 Å². The number of aromatic nitrogens is 1. The van der Waals surface area contributed by atoms with E-state index in [0.29, 0.717) is 22.9 Å². The Morgan fingerprint density at radius 3 is 2.69 bits per heavy atom. The first-order valence-electron chi connectivity index (χ1n) is 9.77. The number of hydrogen-bond donors (Lipinski definition) is 1. The van der Waals surface area contributed by atoms with Crippen LogP contribution in [0.3, 0.4) is 0 Å². The van der Waals surface area contributed by atoms with Gasteiger partial charge in [0.05, 0.1) is 17.9 Å². The van der Waals surface area contributed by atoms with Crippen molar-refractivity contribution in [3.8, 4) is 28.8 Å². The van der Waals surface area contributed by atoms with Crippen LogP contribution in [0.2, 0.25) is 0 Å². The zero-order valence-electron chi connectivity index (χ0n) is 16.7. The molecule has 0 radical (unpaired) electrons.